The first kappa shape index (κ1) is 21.6. The molecule has 0 radical (unpaired) electrons. The van der Waals surface area contributed by atoms with E-state index in [0.717, 1.165) is 21.7 Å². The number of amides is 2. The van der Waals surface area contributed by atoms with E-state index in [1.807, 2.05) is 40.7 Å². The molecule has 0 unspecified atom stereocenters. The van der Waals surface area contributed by atoms with Crippen LogP contribution >= 0.6 is 11.3 Å². The van der Waals surface area contributed by atoms with Crippen molar-refractivity contribution in [3.63, 3.8) is 0 Å². The zero-order valence-electron chi connectivity index (χ0n) is 17.3. The average molecular weight is 396 g/mol. The van der Waals surface area contributed by atoms with Gasteiger partial charge < -0.3 is 0 Å². The van der Waals surface area contributed by atoms with E-state index in [1.54, 1.807) is 13.0 Å². The lowest BCUT2D eigenvalue weighted by atomic mass is 9.85. The van der Waals surface area contributed by atoms with Crippen molar-refractivity contribution >= 4 is 34.9 Å². The molecule has 1 aliphatic heterocycles. The lowest BCUT2D eigenvalue weighted by Crippen LogP contribution is -2.43. The Kier molecular flexibility index (Phi) is 6.27. The fourth-order valence-electron chi connectivity index (χ4n) is 3.30. The summed E-state index contributed by atoms with van der Waals surface area (Å²) in [7, 11) is 0. The van der Waals surface area contributed by atoms with Gasteiger partial charge >= 0.3 is 0 Å². The quantitative estimate of drug-likeness (QED) is 0.395. The summed E-state index contributed by atoms with van der Waals surface area (Å²) in [5.41, 5.74) is 2.01. The third kappa shape index (κ3) is 3.79. The van der Waals surface area contributed by atoms with E-state index in [4.69, 9.17) is 6.57 Å². The topological polar surface area (TPSA) is 65.5 Å². The molecule has 1 aliphatic rings. The van der Waals surface area contributed by atoms with Gasteiger partial charge in [0.2, 0.25) is 5.69 Å². The molecule has 0 bridgehead atoms. The maximum Gasteiger partial charge on any atom is 0.271 e. The zero-order valence-corrected chi connectivity index (χ0v) is 18.1. The number of rotatable bonds is 4. The zero-order chi connectivity index (χ0) is 21.2. The van der Waals surface area contributed by atoms with Crippen molar-refractivity contribution in [3.8, 4) is 6.07 Å². The van der Waals surface area contributed by atoms with Crippen LogP contribution in [0.25, 0.3) is 10.9 Å². The van der Waals surface area contributed by atoms with E-state index >= 15 is 0 Å². The Labute approximate surface area is 170 Å². The lowest BCUT2D eigenvalue weighted by molar-refractivity contribution is -0.140. The molecule has 0 aliphatic carbocycles. The Balaban J connectivity index is 2.73. The molecule has 0 atom stereocenters. The molecule has 2 amide bonds. The van der Waals surface area contributed by atoms with Crippen LogP contribution in [0.5, 0.6) is 0 Å². The number of nitrogens with zero attached hydrogens (tertiary/aromatic N) is 3. The number of nitriles is 1. The van der Waals surface area contributed by atoms with Gasteiger partial charge in [-0.15, -0.1) is 0 Å². The van der Waals surface area contributed by atoms with Crippen molar-refractivity contribution < 1.29 is 9.59 Å². The molecule has 28 heavy (non-hydrogen) atoms. The van der Waals surface area contributed by atoms with Crippen molar-refractivity contribution in [1.29, 1.82) is 5.26 Å². The summed E-state index contributed by atoms with van der Waals surface area (Å²) in [5, 5.41) is 9.48. The minimum atomic E-state index is -0.518. The fraction of sp³-hybridized carbons (Fsp3) is 0.455. The Morgan fingerprint density at radius 2 is 1.89 bits per heavy atom. The summed E-state index contributed by atoms with van der Waals surface area (Å²) in [6, 6.07) is 1.97. The highest BCUT2D eigenvalue weighted by Crippen LogP contribution is 2.44. The van der Waals surface area contributed by atoms with Gasteiger partial charge in [-0.1, -0.05) is 34.1 Å². The Morgan fingerprint density at radius 3 is 2.39 bits per heavy atom. The maximum absolute atomic E-state index is 13.1. The number of unbranched alkanes of at least 4 members (excludes halogenated alkanes) is 1. The summed E-state index contributed by atoms with van der Waals surface area (Å²) >= 11 is 1.47. The maximum atomic E-state index is 13.1. The molecular formula is C22H25N3O2S. The van der Waals surface area contributed by atoms with Crippen LogP contribution in [-0.4, -0.2) is 23.3 Å². The van der Waals surface area contributed by atoms with Crippen LogP contribution < -0.4 is 0 Å². The first-order chi connectivity index (χ1) is 13.1. The number of carbonyl (C=O) groups excluding carboxylic acids is 2. The van der Waals surface area contributed by atoms with Gasteiger partial charge in [0.25, 0.3) is 11.8 Å². The van der Waals surface area contributed by atoms with Crippen LogP contribution in [0, 0.1) is 24.8 Å². The number of hydrogen-bond donors (Lipinski definition) is 0. The minimum Gasteiger partial charge on any atom is -0.274 e. The SMILES string of the molecule is [C-]#[N+]c1c(C)sc(/C=C2\C(=O)N(CCCC)C(=O)C(C#N)=C2C)c1C(C)(C)C. The average Bonchev–Trinajstić information content (AvgIpc) is 2.94. The minimum absolute atomic E-state index is 0.0120. The molecule has 5 nitrogen and oxygen atoms in total. The van der Waals surface area contributed by atoms with Gasteiger partial charge in [0, 0.05) is 21.9 Å². The monoisotopic (exact) mass is 395 g/mol. The van der Waals surface area contributed by atoms with Gasteiger partial charge in [0.05, 0.1) is 6.57 Å². The summed E-state index contributed by atoms with van der Waals surface area (Å²) in [6.07, 6.45) is 3.29. The van der Waals surface area contributed by atoms with Crippen molar-refractivity contribution in [2.24, 2.45) is 0 Å². The molecule has 1 aromatic rings. The third-order valence-electron chi connectivity index (χ3n) is 4.78. The van der Waals surface area contributed by atoms with Crippen LogP contribution in [0.2, 0.25) is 0 Å². The number of carbonyl (C=O) groups is 2. The fourth-order valence-corrected chi connectivity index (χ4v) is 4.55. The van der Waals surface area contributed by atoms with Crippen LogP contribution in [-0.2, 0) is 15.0 Å². The summed E-state index contributed by atoms with van der Waals surface area (Å²) in [5.74, 6) is -0.888. The first-order valence-electron chi connectivity index (χ1n) is 9.29. The van der Waals surface area contributed by atoms with Crippen LogP contribution in [0.4, 0.5) is 5.69 Å². The van der Waals surface area contributed by atoms with Gasteiger partial charge in [0.15, 0.2) is 0 Å². The van der Waals surface area contributed by atoms with E-state index in [9.17, 15) is 14.9 Å². The molecule has 0 spiro atoms. The second kappa shape index (κ2) is 8.12. The van der Waals surface area contributed by atoms with Crippen molar-refractivity contribution in [3.05, 3.63) is 43.5 Å². The third-order valence-corrected chi connectivity index (χ3v) is 5.82. The number of thiophene rings is 1. The molecular weight excluding hydrogens is 370 g/mol. The largest absolute Gasteiger partial charge is 0.274 e. The van der Waals surface area contributed by atoms with E-state index in [-0.39, 0.29) is 16.9 Å². The van der Waals surface area contributed by atoms with E-state index in [1.165, 1.54) is 16.2 Å². The highest BCUT2D eigenvalue weighted by molar-refractivity contribution is 7.13. The first-order valence-corrected chi connectivity index (χ1v) is 10.1. The van der Waals surface area contributed by atoms with Gasteiger partial charge in [-0.3, -0.25) is 14.5 Å². The number of aryl methyl sites for hydroxylation is 1. The predicted molar refractivity (Wildman–Crippen MR) is 112 cm³/mol. The lowest BCUT2D eigenvalue weighted by Gasteiger charge is -2.27. The molecule has 1 aromatic heterocycles. The summed E-state index contributed by atoms with van der Waals surface area (Å²) < 4.78 is 0. The smallest absolute Gasteiger partial charge is 0.271 e. The standard InChI is InChI=1S/C22H25N3O2S/c1-8-9-10-25-20(26)15(13(2)16(12-23)21(25)27)11-17-18(22(4,5)6)19(24-7)14(3)28-17/h11H,8-10H2,1-6H3/b15-11-. The van der Waals surface area contributed by atoms with Crippen LogP contribution in [0.15, 0.2) is 16.7 Å². The molecule has 0 N–H and O–H groups in total. The second-order valence-electron chi connectivity index (χ2n) is 7.89. The molecule has 0 aromatic carbocycles. The molecule has 0 saturated carbocycles. The molecule has 2 rings (SSSR count). The highest BCUT2D eigenvalue weighted by Gasteiger charge is 2.35. The van der Waals surface area contributed by atoms with E-state index < -0.39 is 5.91 Å². The van der Waals surface area contributed by atoms with Gasteiger partial charge in [0.1, 0.15) is 11.6 Å². The molecule has 2 heterocycles. The van der Waals surface area contributed by atoms with Crippen LogP contribution in [0.3, 0.4) is 0 Å². The van der Waals surface area contributed by atoms with E-state index in [0.29, 0.717) is 29.8 Å². The highest BCUT2D eigenvalue weighted by atomic mass is 32.1. The Hall–Kier alpha value is -2.70. The van der Waals surface area contributed by atoms with Gasteiger partial charge in [-0.2, -0.15) is 16.6 Å². The summed E-state index contributed by atoms with van der Waals surface area (Å²) in [4.78, 5) is 32.3. The molecule has 0 fully saturated rings. The molecule has 146 valence electrons. The molecule has 0 saturated heterocycles. The Bertz CT molecular complexity index is 975. The van der Waals surface area contributed by atoms with Gasteiger partial charge in [-0.25, -0.2) is 4.85 Å². The Morgan fingerprint density at radius 1 is 1.25 bits per heavy atom. The predicted octanol–water partition coefficient (Wildman–Crippen LogP) is 5.30. The molecule has 6 heteroatoms. The second-order valence-corrected chi connectivity index (χ2v) is 9.15. The number of imide groups is 1. The summed E-state index contributed by atoms with van der Waals surface area (Å²) in [6.45, 7) is 19.5. The van der Waals surface area contributed by atoms with Crippen molar-refractivity contribution in [2.45, 2.75) is 59.8 Å². The van der Waals surface area contributed by atoms with E-state index in [2.05, 4.69) is 4.85 Å². The normalized spacial score (nSPS) is 16.6. The van der Waals surface area contributed by atoms with Crippen molar-refractivity contribution in [1.82, 2.24) is 4.90 Å². The number of hydrogen-bond acceptors (Lipinski definition) is 4. The van der Waals surface area contributed by atoms with Crippen molar-refractivity contribution in [2.75, 3.05) is 6.54 Å². The van der Waals surface area contributed by atoms with Crippen LogP contribution in [0.1, 0.15) is 62.8 Å². The van der Waals surface area contributed by atoms with Gasteiger partial charge in [-0.05, 0) is 42.9 Å².